The third-order valence-corrected chi connectivity index (χ3v) is 5.20. The number of fused-ring (bicyclic) bond motifs is 3. The Morgan fingerprint density at radius 1 is 0.833 bits per heavy atom. The van der Waals surface area contributed by atoms with Gasteiger partial charge in [-0.2, -0.15) is 0 Å². The monoisotopic (exact) mass is 403 g/mol. The first-order valence-electron chi connectivity index (χ1n) is 9.89. The van der Waals surface area contributed by atoms with E-state index >= 15 is 0 Å². The second kappa shape index (κ2) is 8.78. The van der Waals surface area contributed by atoms with Gasteiger partial charge in [0.2, 0.25) is 0 Å². The van der Waals surface area contributed by atoms with Crippen LogP contribution in [0.1, 0.15) is 5.56 Å². The Hall–Kier alpha value is -3.67. The van der Waals surface area contributed by atoms with Crippen LogP contribution in [0.5, 0.6) is 11.5 Å². The molecule has 1 heterocycles. The number of benzene rings is 3. The third kappa shape index (κ3) is 4.03. The Kier molecular flexibility index (Phi) is 5.75. The Morgan fingerprint density at radius 3 is 2.00 bits per heavy atom. The van der Waals surface area contributed by atoms with Crippen molar-refractivity contribution in [3.05, 3.63) is 72.3 Å². The van der Waals surface area contributed by atoms with Gasteiger partial charge in [-0.3, -0.25) is 0 Å². The molecule has 0 spiro atoms. The maximum absolute atomic E-state index is 12.2. The summed E-state index contributed by atoms with van der Waals surface area (Å²) in [4.78, 5) is 12.2. The molecule has 6 nitrogen and oxygen atoms in total. The van der Waals surface area contributed by atoms with Crippen molar-refractivity contribution < 1.29 is 14.3 Å². The number of carbonyl (C=O) groups excluding carboxylic acids is 1. The predicted octanol–water partition coefficient (Wildman–Crippen LogP) is 4.31. The highest BCUT2D eigenvalue weighted by molar-refractivity contribution is 6.08. The predicted molar refractivity (Wildman–Crippen MR) is 119 cm³/mol. The van der Waals surface area contributed by atoms with Crippen molar-refractivity contribution in [3.63, 3.8) is 0 Å². The normalized spacial score (nSPS) is 10.9. The molecule has 0 radical (unpaired) electrons. The van der Waals surface area contributed by atoms with Gasteiger partial charge >= 0.3 is 6.03 Å². The molecule has 0 atom stereocenters. The van der Waals surface area contributed by atoms with Crippen LogP contribution >= 0.6 is 0 Å². The number of nitrogens with one attached hydrogen (secondary N) is 2. The molecule has 0 unspecified atom stereocenters. The second-order valence-corrected chi connectivity index (χ2v) is 7.01. The van der Waals surface area contributed by atoms with Crippen molar-refractivity contribution in [1.29, 1.82) is 0 Å². The van der Waals surface area contributed by atoms with Gasteiger partial charge in [0.05, 0.1) is 25.3 Å². The largest absolute Gasteiger partial charge is 0.497 e. The van der Waals surface area contributed by atoms with Gasteiger partial charge in [-0.1, -0.05) is 30.3 Å². The molecule has 0 fully saturated rings. The highest BCUT2D eigenvalue weighted by Crippen LogP contribution is 2.33. The first kappa shape index (κ1) is 19.6. The molecule has 6 heteroatoms. The van der Waals surface area contributed by atoms with Gasteiger partial charge in [0.1, 0.15) is 11.5 Å². The number of urea groups is 1. The van der Waals surface area contributed by atoms with E-state index in [0.717, 1.165) is 38.9 Å². The highest BCUT2D eigenvalue weighted by Gasteiger charge is 2.13. The number of nitrogens with zero attached hydrogens (tertiary/aromatic N) is 1. The summed E-state index contributed by atoms with van der Waals surface area (Å²) in [6, 6.07) is 21.8. The standard InChI is InChI=1S/C24H25N3O3/c1-29-18-8-10-20-21-11-9-19(30-2)15-23(21)27(22(20)14-18)13-12-25-24(28)26-16-17-6-4-3-5-7-17/h3-11,14-15H,12-13,16H2,1-2H3,(H2,25,26,28). The summed E-state index contributed by atoms with van der Waals surface area (Å²) in [7, 11) is 3.33. The average molecular weight is 403 g/mol. The van der Waals surface area contributed by atoms with Crippen molar-refractivity contribution in [3.8, 4) is 11.5 Å². The molecule has 0 aliphatic rings. The van der Waals surface area contributed by atoms with Crippen LogP contribution < -0.4 is 20.1 Å². The van der Waals surface area contributed by atoms with E-state index < -0.39 is 0 Å². The van der Waals surface area contributed by atoms with Crippen LogP contribution in [0.25, 0.3) is 21.8 Å². The van der Waals surface area contributed by atoms with Crippen molar-refractivity contribution in [2.45, 2.75) is 13.1 Å². The van der Waals surface area contributed by atoms with E-state index in [1.54, 1.807) is 14.2 Å². The summed E-state index contributed by atoms with van der Waals surface area (Å²) >= 11 is 0. The third-order valence-electron chi connectivity index (χ3n) is 5.20. The smallest absolute Gasteiger partial charge is 0.315 e. The Bertz CT molecular complexity index is 1110. The highest BCUT2D eigenvalue weighted by atomic mass is 16.5. The van der Waals surface area contributed by atoms with E-state index in [0.29, 0.717) is 19.6 Å². The molecule has 0 bridgehead atoms. The molecule has 4 aromatic rings. The topological polar surface area (TPSA) is 64.5 Å². The molecule has 0 aliphatic carbocycles. The summed E-state index contributed by atoms with van der Waals surface area (Å²) in [5.74, 6) is 1.60. The van der Waals surface area contributed by atoms with Gasteiger partial charge in [0.25, 0.3) is 0 Å². The number of aromatic nitrogens is 1. The lowest BCUT2D eigenvalue weighted by Gasteiger charge is -2.11. The molecule has 2 amide bonds. The molecule has 2 N–H and O–H groups in total. The fraction of sp³-hybridized carbons (Fsp3) is 0.208. The lowest BCUT2D eigenvalue weighted by molar-refractivity contribution is 0.240. The summed E-state index contributed by atoms with van der Waals surface area (Å²) < 4.78 is 13.0. The molecule has 3 aromatic carbocycles. The van der Waals surface area contributed by atoms with Crippen molar-refractivity contribution >= 4 is 27.8 Å². The van der Waals surface area contributed by atoms with E-state index in [9.17, 15) is 4.79 Å². The van der Waals surface area contributed by atoms with Gasteiger partial charge in [0, 0.05) is 42.5 Å². The first-order valence-corrected chi connectivity index (χ1v) is 9.89. The quantitative estimate of drug-likeness (QED) is 0.483. The number of hydrogen-bond acceptors (Lipinski definition) is 3. The zero-order chi connectivity index (χ0) is 20.9. The zero-order valence-electron chi connectivity index (χ0n) is 17.1. The fourth-order valence-corrected chi connectivity index (χ4v) is 3.67. The number of amides is 2. The summed E-state index contributed by atoms with van der Waals surface area (Å²) in [6.45, 7) is 1.61. The minimum absolute atomic E-state index is 0.185. The molecule has 0 saturated carbocycles. The fourth-order valence-electron chi connectivity index (χ4n) is 3.67. The van der Waals surface area contributed by atoms with Crippen LogP contribution in [-0.2, 0) is 13.1 Å². The Morgan fingerprint density at radius 2 is 1.43 bits per heavy atom. The summed E-state index contributed by atoms with van der Waals surface area (Å²) in [5.41, 5.74) is 3.18. The number of methoxy groups -OCH3 is 2. The minimum Gasteiger partial charge on any atom is -0.497 e. The van der Waals surface area contributed by atoms with E-state index in [1.165, 1.54) is 0 Å². The molecule has 1 aromatic heterocycles. The van der Waals surface area contributed by atoms with Gasteiger partial charge < -0.3 is 24.7 Å². The second-order valence-electron chi connectivity index (χ2n) is 7.01. The van der Waals surface area contributed by atoms with Gasteiger partial charge in [0.15, 0.2) is 0 Å². The van der Waals surface area contributed by atoms with E-state index in [4.69, 9.17) is 9.47 Å². The number of hydrogen-bond donors (Lipinski definition) is 2. The summed E-state index contributed by atoms with van der Waals surface area (Å²) in [5, 5.41) is 8.12. The average Bonchev–Trinajstić information content (AvgIpc) is 3.10. The lowest BCUT2D eigenvalue weighted by Crippen LogP contribution is -2.36. The maximum atomic E-state index is 12.2. The zero-order valence-corrected chi connectivity index (χ0v) is 17.1. The van der Waals surface area contributed by atoms with Crippen LogP contribution in [0.2, 0.25) is 0 Å². The SMILES string of the molecule is COc1ccc2c3ccc(OC)cc3n(CCNC(=O)NCc3ccccc3)c2c1. The molecular weight excluding hydrogens is 378 g/mol. The molecule has 30 heavy (non-hydrogen) atoms. The van der Waals surface area contributed by atoms with Crippen LogP contribution in [0, 0.1) is 0 Å². The van der Waals surface area contributed by atoms with Crippen molar-refractivity contribution in [2.75, 3.05) is 20.8 Å². The van der Waals surface area contributed by atoms with E-state index in [2.05, 4.69) is 27.3 Å². The Labute approximate surface area is 175 Å². The molecule has 4 rings (SSSR count). The molecule has 0 aliphatic heterocycles. The number of rotatable bonds is 7. The maximum Gasteiger partial charge on any atom is 0.315 e. The first-order chi connectivity index (χ1) is 14.7. The lowest BCUT2D eigenvalue weighted by atomic mass is 10.1. The molecule has 0 saturated heterocycles. The summed E-state index contributed by atoms with van der Waals surface area (Å²) in [6.07, 6.45) is 0. The van der Waals surface area contributed by atoms with E-state index in [-0.39, 0.29) is 6.03 Å². The molecular formula is C24H25N3O3. The van der Waals surface area contributed by atoms with Gasteiger partial charge in [-0.25, -0.2) is 4.79 Å². The van der Waals surface area contributed by atoms with Crippen LogP contribution in [0.3, 0.4) is 0 Å². The van der Waals surface area contributed by atoms with Gasteiger partial charge in [-0.15, -0.1) is 0 Å². The Balaban J connectivity index is 1.52. The van der Waals surface area contributed by atoms with Gasteiger partial charge in [-0.05, 0) is 29.8 Å². The van der Waals surface area contributed by atoms with Crippen LogP contribution in [0.4, 0.5) is 4.79 Å². The van der Waals surface area contributed by atoms with Crippen molar-refractivity contribution in [2.24, 2.45) is 0 Å². The van der Waals surface area contributed by atoms with E-state index in [1.807, 2.05) is 54.6 Å². The van der Waals surface area contributed by atoms with Crippen LogP contribution in [-0.4, -0.2) is 31.4 Å². The van der Waals surface area contributed by atoms with Crippen LogP contribution in [0.15, 0.2) is 66.7 Å². The molecule has 154 valence electrons. The van der Waals surface area contributed by atoms with Crippen molar-refractivity contribution in [1.82, 2.24) is 15.2 Å². The number of carbonyl (C=O) groups is 1. The minimum atomic E-state index is -0.185. The number of ether oxygens (including phenoxy) is 2.